The smallest absolute Gasteiger partial charge is 0.409 e. The highest BCUT2D eigenvalue weighted by Gasteiger charge is 2.17. The third kappa shape index (κ3) is 13.9. The van der Waals surface area contributed by atoms with Crippen LogP contribution in [0.5, 0.6) is 0 Å². The summed E-state index contributed by atoms with van der Waals surface area (Å²) in [6, 6.07) is 0. The molecule has 0 bridgehead atoms. The lowest BCUT2D eigenvalue weighted by Gasteiger charge is -2.23. The molecule has 0 aliphatic heterocycles. The highest BCUT2D eigenvalue weighted by molar-refractivity contribution is 5.67. The zero-order valence-corrected chi connectivity index (χ0v) is 17.3. The first-order valence-electron chi connectivity index (χ1n) is 10.3. The molecule has 1 aliphatic carbocycles. The number of allylic oxidation sites excluding steroid dienone is 2. The molecular formula is C20H38N2O6. The maximum absolute atomic E-state index is 12.1. The summed E-state index contributed by atoms with van der Waals surface area (Å²) in [6.07, 6.45) is 9.05. The number of nitrogens with two attached hydrogens (primary N) is 1. The number of ether oxygens (including phenoxy) is 5. The second kappa shape index (κ2) is 17.9. The van der Waals surface area contributed by atoms with Gasteiger partial charge in [0.2, 0.25) is 0 Å². The Hall–Kier alpha value is -1.19. The van der Waals surface area contributed by atoms with Crippen molar-refractivity contribution in [1.82, 2.24) is 4.90 Å². The standard InChI is InChI=1S/C20H38N2O6/c1-22(20(23)28-19-7-5-3-2-4-6-8-19)10-12-25-14-16-27-18-17-26-15-13-24-11-9-21/h2-3,19H,4-18,21H2,1H3/b3-2+. The van der Waals surface area contributed by atoms with Crippen LogP contribution in [0, 0.1) is 0 Å². The van der Waals surface area contributed by atoms with Crippen LogP contribution in [-0.2, 0) is 23.7 Å². The molecule has 0 fully saturated rings. The zero-order valence-electron chi connectivity index (χ0n) is 17.3. The summed E-state index contributed by atoms with van der Waals surface area (Å²) >= 11 is 0. The van der Waals surface area contributed by atoms with Crippen LogP contribution in [0.1, 0.15) is 32.1 Å². The number of amides is 1. The summed E-state index contributed by atoms with van der Waals surface area (Å²) in [4.78, 5) is 13.7. The Balaban J connectivity index is 1.91. The van der Waals surface area contributed by atoms with Crippen molar-refractivity contribution in [3.8, 4) is 0 Å². The maximum atomic E-state index is 12.1. The Morgan fingerprint density at radius 3 is 2.11 bits per heavy atom. The van der Waals surface area contributed by atoms with Crippen molar-refractivity contribution in [2.24, 2.45) is 5.73 Å². The van der Waals surface area contributed by atoms with Crippen molar-refractivity contribution in [1.29, 1.82) is 0 Å². The van der Waals surface area contributed by atoms with Crippen molar-refractivity contribution in [2.45, 2.75) is 38.2 Å². The summed E-state index contributed by atoms with van der Waals surface area (Å²) < 4.78 is 27.1. The van der Waals surface area contributed by atoms with Gasteiger partial charge in [0.25, 0.3) is 0 Å². The van der Waals surface area contributed by atoms with Crippen molar-refractivity contribution in [3.05, 3.63) is 12.2 Å². The van der Waals surface area contributed by atoms with E-state index in [-0.39, 0.29) is 12.2 Å². The van der Waals surface area contributed by atoms with Crippen LogP contribution in [0.3, 0.4) is 0 Å². The molecule has 1 amide bonds. The molecule has 0 heterocycles. The minimum absolute atomic E-state index is 0.0173. The molecule has 1 rings (SSSR count). The number of nitrogens with zero attached hydrogens (tertiary/aromatic N) is 1. The maximum Gasteiger partial charge on any atom is 0.409 e. The third-order valence-electron chi connectivity index (χ3n) is 4.25. The monoisotopic (exact) mass is 402 g/mol. The number of hydrogen-bond acceptors (Lipinski definition) is 7. The molecule has 0 saturated carbocycles. The largest absolute Gasteiger partial charge is 0.446 e. The summed E-state index contributed by atoms with van der Waals surface area (Å²) in [5, 5.41) is 0. The minimum atomic E-state index is -0.276. The van der Waals surface area contributed by atoms with Gasteiger partial charge in [-0.3, -0.25) is 0 Å². The Bertz CT molecular complexity index is 408. The molecule has 0 aromatic rings. The molecule has 164 valence electrons. The van der Waals surface area contributed by atoms with E-state index in [4.69, 9.17) is 29.4 Å². The lowest BCUT2D eigenvalue weighted by Crippen LogP contribution is -2.34. The quantitative estimate of drug-likeness (QED) is 0.331. The first kappa shape index (κ1) is 24.8. The summed E-state index contributed by atoms with van der Waals surface area (Å²) in [5.41, 5.74) is 5.31. The Morgan fingerprint density at radius 1 is 0.893 bits per heavy atom. The highest BCUT2D eigenvalue weighted by Crippen LogP contribution is 2.16. The predicted molar refractivity (Wildman–Crippen MR) is 107 cm³/mol. The van der Waals surface area contributed by atoms with E-state index in [1.54, 1.807) is 11.9 Å². The molecule has 28 heavy (non-hydrogen) atoms. The van der Waals surface area contributed by atoms with Gasteiger partial charge in [-0.2, -0.15) is 0 Å². The van der Waals surface area contributed by atoms with Crippen LogP contribution in [0.4, 0.5) is 4.79 Å². The van der Waals surface area contributed by atoms with Crippen LogP contribution in [0.15, 0.2) is 12.2 Å². The second-order valence-corrected chi connectivity index (χ2v) is 6.65. The second-order valence-electron chi connectivity index (χ2n) is 6.65. The number of rotatable bonds is 15. The van der Waals surface area contributed by atoms with Gasteiger partial charge in [-0.1, -0.05) is 12.2 Å². The molecule has 2 N–H and O–H groups in total. The Labute approximate surface area is 169 Å². The average Bonchev–Trinajstić information content (AvgIpc) is 2.67. The molecule has 1 aliphatic rings. The molecule has 0 aromatic carbocycles. The van der Waals surface area contributed by atoms with E-state index in [0.29, 0.717) is 65.9 Å². The van der Waals surface area contributed by atoms with E-state index in [9.17, 15) is 4.79 Å². The Kier molecular flexibility index (Phi) is 15.9. The minimum Gasteiger partial charge on any atom is -0.446 e. The van der Waals surface area contributed by atoms with Crippen LogP contribution in [0.2, 0.25) is 0 Å². The fraction of sp³-hybridized carbons (Fsp3) is 0.850. The van der Waals surface area contributed by atoms with E-state index in [2.05, 4.69) is 12.2 Å². The van der Waals surface area contributed by atoms with Crippen LogP contribution < -0.4 is 5.73 Å². The van der Waals surface area contributed by atoms with Crippen LogP contribution in [0.25, 0.3) is 0 Å². The fourth-order valence-electron chi connectivity index (χ4n) is 2.61. The predicted octanol–water partition coefficient (Wildman–Crippen LogP) is 1.97. The molecule has 0 saturated heterocycles. The van der Waals surface area contributed by atoms with E-state index >= 15 is 0 Å². The van der Waals surface area contributed by atoms with E-state index < -0.39 is 0 Å². The van der Waals surface area contributed by atoms with Crippen LogP contribution >= 0.6 is 0 Å². The van der Waals surface area contributed by atoms with Gasteiger partial charge in [0.1, 0.15) is 6.10 Å². The number of carbonyl (C=O) groups is 1. The van der Waals surface area contributed by atoms with Crippen molar-refractivity contribution < 1.29 is 28.5 Å². The van der Waals surface area contributed by atoms with E-state index in [1.807, 2.05) is 0 Å². The summed E-state index contributed by atoms with van der Waals surface area (Å²) in [6.45, 7) is 5.15. The van der Waals surface area contributed by atoms with Gasteiger partial charge < -0.3 is 34.3 Å². The normalized spacial score (nSPS) is 18.3. The lowest BCUT2D eigenvalue weighted by molar-refractivity contribution is -0.00348. The molecule has 0 aromatic heterocycles. The molecule has 8 heteroatoms. The number of hydrogen-bond donors (Lipinski definition) is 1. The Morgan fingerprint density at radius 2 is 1.46 bits per heavy atom. The first-order valence-corrected chi connectivity index (χ1v) is 10.3. The third-order valence-corrected chi connectivity index (χ3v) is 4.25. The zero-order chi connectivity index (χ0) is 20.3. The van der Waals surface area contributed by atoms with Gasteiger partial charge in [0.15, 0.2) is 0 Å². The average molecular weight is 403 g/mol. The summed E-state index contributed by atoms with van der Waals surface area (Å²) in [7, 11) is 1.74. The summed E-state index contributed by atoms with van der Waals surface area (Å²) in [5.74, 6) is 0. The molecule has 0 spiro atoms. The van der Waals surface area contributed by atoms with Gasteiger partial charge >= 0.3 is 6.09 Å². The first-order chi connectivity index (χ1) is 13.7. The molecule has 1 unspecified atom stereocenters. The SMILES string of the molecule is CN(CCOCCOCCOCCOCCN)C(=O)OC1CC/C=C/CCC1. The highest BCUT2D eigenvalue weighted by atomic mass is 16.6. The van der Waals surface area contributed by atoms with Gasteiger partial charge in [-0.15, -0.1) is 0 Å². The molecule has 8 nitrogen and oxygen atoms in total. The van der Waals surface area contributed by atoms with Gasteiger partial charge in [0, 0.05) is 20.1 Å². The molecule has 1 atom stereocenters. The van der Waals surface area contributed by atoms with Crippen molar-refractivity contribution in [2.75, 3.05) is 73.0 Å². The van der Waals surface area contributed by atoms with E-state index in [1.165, 1.54) is 0 Å². The molecule has 0 radical (unpaired) electrons. The topological polar surface area (TPSA) is 92.5 Å². The van der Waals surface area contributed by atoms with Gasteiger partial charge in [0.05, 0.1) is 52.9 Å². The van der Waals surface area contributed by atoms with Crippen LogP contribution in [-0.4, -0.2) is 90.1 Å². The fourth-order valence-corrected chi connectivity index (χ4v) is 2.61. The van der Waals surface area contributed by atoms with Crippen molar-refractivity contribution in [3.63, 3.8) is 0 Å². The lowest BCUT2D eigenvalue weighted by atomic mass is 10.0. The number of likely N-dealkylation sites (N-methyl/N-ethyl adjacent to an activating group) is 1. The van der Waals surface area contributed by atoms with E-state index in [0.717, 1.165) is 32.1 Å². The number of carbonyl (C=O) groups excluding carboxylic acids is 1. The van der Waals surface area contributed by atoms with Gasteiger partial charge in [-0.05, 0) is 32.1 Å². The molecular weight excluding hydrogens is 364 g/mol. The van der Waals surface area contributed by atoms with Crippen molar-refractivity contribution >= 4 is 6.09 Å². The van der Waals surface area contributed by atoms with Gasteiger partial charge in [-0.25, -0.2) is 4.79 Å².